The van der Waals surface area contributed by atoms with Crippen molar-refractivity contribution in [2.45, 2.75) is 12.8 Å². The zero-order valence-electron chi connectivity index (χ0n) is 10.1. The Morgan fingerprint density at radius 2 is 2.26 bits per heavy atom. The molecule has 3 aromatic rings. The van der Waals surface area contributed by atoms with Crippen LogP contribution in [0, 0.1) is 0 Å². The molecule has 96 valence electrons. The third kappa shape index (κ3) is 2.63. The summed E-state index contributed by atoms with van der Waals surface area (Å²) in [7, 11) is 0. The minimum atomic E-state index is -0.0398. The van der Waals surface area contributed by atoms with E-state index in [4.69, 9.17) is 0 Å². The van der Waals surface area contributed by atoms with Gasteiger partial charge in [0.2, 0.25) is 11.0 Å². The number of aryl methyl sites for hydroxylation is 1. The molecule has 0 saturated carbocycles. The van der Waals surface area contributed by atoms with Gasteiger partial charge in [-0.25, -0.2) is 0 Å². The summed E-state index contributed by atoms with van der Waals surface area (Å²) in [6, 6.07) is 8.08. The molecule has 6 heteroatoms. The number of carbonyl (C=O) groups excluding carboxylic acids is 1. The van der Waals surface area contributed by atoms with Crippen molar-refractivity contribution in [1.82, 2.24) is 15.2 Å². The van der Waals surface area contributed by atoms with Crippen LogP contribution in [0.2, 0.25) is 0 Å². The molecule has 0 bridgehead atoms. The highest BCUT2D eigenvalue weighted by Crippen LogP contribution is 2.19. The highest BCUT2D eigenvalue weighted by Gasteiger charge is 2.08. The Labute approximate surface area is 113 Å². The van der Waals surface area contributed by atoms with Crippen molar-refractivity contribution in [3.05, 3.63) is 41.5 Å². The number of carbonyl (C=O) groups is 1. The number of fused-ring (bicyclic) bond motifs is 1. The lowest BCUT2D eigenvalue weighted by Crippen LogP contribution is -2.12. The van der Waals surface area contributed by atoms with Crippen LogP contribution in [0.1, 0.15) is 12.0 Å². The molecular formula is C13H12N4OS. The minimum absolute atomic E-state index is 0.0398. The number of amides is 1. The number of aromatic amines is 1. The van der Waals surface area contributed by atoms with Crippen LogP contribution in [-0.2, 0) is 11.2 Å². The van der Waals surface area contributed by atoms with Gasteiger partial charge in [-0.15, -0.1) is 10.2 Å². The van der Waals surface area contributed by atoms with E-state index in [0.717, 1.165) is 11.1 Å². The summed E-state index contributed by atoms with van der Waals surface area (Å²) in [6.07, 6.45) is 3.10. The van der Waals surface area contributed by atoms with Crippen LogP contribution >= 0.6 is 11.3 Å². The number of anilines is 1. The fourth-order valence-corrected chi connectivity index (χ4v) is 2.46. The maximum Gasteiger partial charge on any atom is 0.226 e. The molecule has 2 heterocycles. The first kappa shape index (κ1) is 11.9. The summed E-state index contributed by atoms with van der Waals surface area (Å²) in [5, 5.41) is 11.9. The van der Waals surface area contributed by atoms with Crippen molar-refractivity contribution < 1.29 is 4.79 Å². The molecule has 1 aromatic carbocycles. The summed E-state index contributed by atoms with van der Waals surface area (Å²) in [4.78, 5) is 15.0. The highest BCUT2D eigenvalue weighted by atomic mass is 32.1. The van der Waals surface area contributed by atoms with Gasteiger partial charge < -0.3 is 10.3 Å². The molecule has 0 spiro atoms. The van der Waals surface area contributed by atoms with Gasteiger partial charge in [0.1, 0.15) is 5.51 Å². The molecule has 2 N–H and O–H groups in total. The summed E-state index contributed by atoms with van der Waals surface area (Å²) in [5.41, 5.74) is 3.85. The van der Waals surface area contributed by atoms with Gasteiger partial charge in [0.25, 0.3) is 0 Å². The normalized spacial score (nSPS) is 10.7. The maximum atomic E-state index is 11.8. The van der Waals surface area contributed by atoms with Crippen molar-refractivity contribution in [1.29, 1.82) is 0 Å². The molecule has 1 amide bonds. The predicted octanol–water partition coefficient (Wildman–Crippen LogP) is 2.59. The van der Waals surface area contributed by atoms with E-state index in [9.17, 15) is 4.79 Å². The summed E-state index contributed by atoms with van der Waals surface area (Å²) >= 11 is 1.32. The quantitative estimate of drug-likeness (QED) is 0.767. The Bertz CT molecular complexity index is 690. The van der Waals surface area contributed by atoms with Crippen LogP contribution in [0.15, 0.2) is 36.0 Å². The van der Waals surface area contributed by atoms with Crippen molar-refractivity contribution in [3.8, 4) is 0 Å². The van der Waals surface area contributed by atoms with Crippen molar-refractivity contribution in [2.24, 2.45) is 0 Å². The van der Waals surface area contributed by atoms with Gasteiger partial charge in [-0.3, -0.25) is 4.79 Å². The zero-order valence-corrected chi connectivity index (χ0v) is 10.9. The third-order valence-electron chi connectivity index (χ3n) is 2.90. The van der Waals surface area contributed by atoms with Gasteiger partial charge in [0.05, 0.1) is 0 Å². The molecule has 0 radical (unpaired) electrons. The molecule has 0 saturated heterocycles. The molecule has 2 aromatic heterocycles. The first-order chi connectivity index (χ1) is 9.33. The van der Waals surface area contributed by atoms with Crippen molar-refractivity contribution in [3.63, 3.8) is 0 Å². The number of para-hydroxylation sites is 1. The van der Waals surface area contributed by atoms with E-state index in [0.29, 0.717) is 18.0 Å². The number of aromatic nitrogens is 3. The highest BCUT2D eigenvalue weighted by molar-refractivity contribution is 7.13. The molecule has 0 aliphatic carbocycles. The SMILES string of the molecule is O=C(CCc1c[nH]c2ccccc12)Nc1nncs1. The van der Waals surface area contributed by atoms with E-state index in [2.05, 4.69) is 26.6 Å². The van der Waals surface area contributed by atoms with E-state index < -0.39 is 0 Å². The van der Waals surface area contributed by atoms with Crippen molar-refractivity contribution in [2.75, 3.05) is 5.32 Å². The summed E-state index contributed by atoms with van der Waals surface area (Å²) in [6.45, 7) is 0. The van der Waals surface area contributed by atoms with Crippen molar-refractivity contribution >= 4 is 33.3 Å². The molecule has 19 heavy (non-hydrogen) atoms. The first-order valence-electron chi connectivity index (χ1n) is 5.94. The second-order valence-corrected chi connectivity index (χ2v) is 4.98. The number of H-pyrrole nitrogens is 1. The van der Waals surface area contributed by atoms with E-state index in [1.54, 1.807) is 5.51 Å². The van der Waals surface area contributed by atoms with E-state index in [-0.39, 0.29) is 5.91 Å². The molecular weight excluding hydrogens is 260 g/mol. The van der Waals surface area contributed by atoms with Crippen LogP contribution in [0.4, 0.5) is 5.13 Å². The largest absolute Gasteiger partial charge is 0.361 e. The van der Waals surface area contributed by atoms with Crippen LogP contribution in [-0.4, -0.2) is 21.1 Å². The molecule has 0 aliphatic heterocycles. The average molecular weight is 272 g/mol. The topological polar surface area (TPSA) is 70.7 Å². The van der Waals surface area contributed by atoms with Gasteiger partial charge in [0, 0.05) is 23.5 Å². The standard InChI is InChI=1S/C13H12N4OS/c18-12(16-13-17-15-8-19-13)6-5-9-7-14-11-4-2-1-3-10(9)11/h1-4,7-8,14H,5-6H2,(H,16,17,18). The number of rotatable bonds is 4. The fourth-order valence-electron chi connectivity index (χ4n) is 2.00. The average Bonchev–Trinajstić information content (AvgIpc) is 3.05. The Morgan fingerprint density at radius 1 is 1.37 bits per heavy atom. The second kappa shape index (κ2) is 5.19. The number of nitrogens with zero attached hydrogens (tertiary/aromatic N) is 2. The monoisotopic (exact) mass is 272 g/mol. The predicted molar refractivity (Wildman–Crippen MR) is 75.2 cm³/mol. The molecule has 0 unspecified atom stereocenters. The van der Waals surface area contributed by atoms with Crippen LogP contribution in [0.5, 0.6) is 0 Å². The lowest BCUT2D eigenvalue weighted by molar-refractivity contribution is -0.116. The zero-order chi connectivity index (χ0) is 13.1. The summed E-state index contributed by atoms with van der Waals surface area (Å²) in [5.74, 6) is -0.0398. The number of benzene rings is 1. The first-order valence-corrected chi connectivity index (χ1v) is 6.82. The second-order valence-electron chi connectivity index (χ2n) is 4.15. The molecule has 0 aliphatic rings. The van der Waals surface area contributed by atoms with Gasteiger partial charge in [0.15, 0.2) is 0 Å². The fraction of sp³-hybridized carbons (Fsp3) is 0.154. The summed E-state index contributed by atoms with van der Waals surface area (Å²) < 4.78 is 0. The molecule has 5 nitrogen and oxygen atoms in total. The van der Waals surface area contributed by atoms with Crippen LogP contribution in [0.3, 0.4) is 0 Å². The third-order valence-corrected chi connectivity index (χ3v) is 3.51. The number of hydrogen-bond donors (Lipinski definition) is 2. The van der Waals surface area contributed by atoms with E-state index in [1.165, 1.54) is 16.7 Å². The van der Waals surface area contributed by atoms with Gasteiger partial charge in [-0.1, -0.05) is 29.5 Å². The number of nitrogens with one attached hydrogen (secondary N) is 2. The Kier molecular flexibility index (Phi) is 3.24. The molecule has 0 atom stereocenters. The maximum absolute atomic E-state index is 11.8. The van der Waals surface area contributed by atoms with Gasteiger partial charge >= 0.3 is 0 Å². The van der Waals surface area contributed by atoms with Gasteiger partial charge in [-0.2, -0.15) is 0 Å². The minimum Gasteiger partial charge on any atom is -0.361 e. The number of hydrogen-bond acceptors (Lipinski definition) is 4. The smallest absolute Gasteiger partial charge is 0.226 e. The molecule has 3 rings (SSSR count). The van der Waals surface area contributed by atoms with Gasteiger partial charge in [-0.05, 0) is 18.1 Å². The van der Waals surface area contributed by atoms with E-state index in [1.807, 2.05) is 24.4 Å². The lowest BCUT2D eigenvalue weighted by Gasteiger charge is -2.00. The Morgan fingerprint density at radius 3 is 3.11 bits per heavy atom. The Balaban J connectivity index is 1.64. The lowest BCUT2D eigenvalue weighted by atomic mass is 10.1. The van der Waals surface area contributed by atoms with Crippen LogP contribution in [0.25, 0.3) is 10.9 Å². The van der Waals surface area contributed by atoms with E-state index >= 15 is 0 Å². The Hall–Kier alpha value is -2.21. The molecule has 0 fully saturated rings. The van der Waals surface area contributed by atoms with Crippen LogP contribution < -0.4 is 5.32 Å².